The van der Waals surface area contributed by atoms with Crippen molar-refractivity contribution in [3.8, 4) is 0 Å². The molecular weight excluding hydrogens is 256 g/mol. The minimum Gasteiger partial charge on any atom is -0.468 e. The number of hydrogen-bond acceptors (Lipinski definition) is 4. The lowest BCUT2D eigenvalue weighted by molar-refractivity contribution is -0.147. The molecule has 110 valence electrons. The number of esters is 1. The molecule has 0 heterocycles. The smallest absolute Gasteiger partial charge is 0.325 e. The molecule has 0 aliphatic heterocycles. The van der Waals surface area contributed by atoms with Crippen molar-refractivity contribution in [3.63, 3.8) is 0 Å². The van der Waals surface area contributed by atoms with Crippen molar-refractivity contribution in [2.75, 3.05) is 12.4 Å². The minimum atomic E-state index is -0.780. The van der Waals surface area contributed by atoms with Crippen LogP contribution in [0.2, 0.25) is 0 Å². The van der Waals surface area contributed by atoms with E-state index in [9.17, 15) is 9.59 Å². The molecule has 1 atom stereocenters. The molecule has 0 aliphatic carbocycles. The van der Waals surface area contributed by atoms with E-state index in [2.05, 4.69) is 10.6 Å². The number of nitrogens with one attached hydrogen (secondary N) is 2. The zero-order valence-electron chi connectivity index (χ0n) is 12.6. The lowest BCUT2D eigenvalue weighted by atomic mass is 10.0. The fourth-order valence-electron chi connectivity index (χ4n) is 2.03. The van der Waals surface area contributed by atoms with E-state index in [1.54, 1.807) is 13.8 Å². The zero-order chi connectivity index (χ0) is 15.3. The summed E-state index contributed by atoms with van der Waals surface area (Å²) in [5.41, 5.74) is 0.936. The molecule has 0 aromatic heterocycles. The third-order valence-electron chi connectivity index (χ3n) is 2.98. The van der Waals surface area contributed by atoms with Crippen LogP contribution in [0.3, 0.4) is 0 Å². The van der Waals surface area contributed by atoms with Crippen LogP contribution in [-0.2, 0) is 14.3 Å². The van der Waals surface area contributed by atoms with Gasteiger partial charge in [-0.15, -0.1) is 0 Å². The van der Waals surface area contributed by atoms with Crippen LogP contribution >= 0.6 is 0 Å². The topological polar surface area (TPSA) is 67.4 Å². The van der Waals surface area contributed by atoms with Gasteiger partial charge in [0.2, 0.25) is 5.91 Å². The van der Waals surface area contributed by atoms with Gasteiger partial charge in [0.05, 0.1) is 7.11 Å². The first-order valence-corrected chi connectivity index (χ1v) is 6.50. The van der Waals surface area contributed by atoms with Crippen molar-refractivity contribution in [3.05, 3.63) is 29.8 Å². The molecule has 5 heteroatoms. The molecule has 1 amide bonds. The first-order chi connectivity index (χ1) is 9.26. The van der Waals surface area contributed by atoms with Gasteiger partial charge in [-0.2, -0.15) is 0 Å². The number of benzene rings is 1. The summed E-state index contributed by atoms with van der Waals surface area (Å²) in [4.78, 5) is 22.7. The predicted octanol–water partition coefficient (Wildman–Crippen LogP) is 2.25. The summed E-state index contributed by atoms with van der Waals surface area (Å²) in [6.45, 7) is 6.96. The van der Waals surface area contributed by atoms with Crippen LogP contribution in [0.1, 0.15) is 39.3 Å². The highest BCUT2D eigenvalue weighted by molar-refractivity contribution is 5.88. The van der Waals surface area contributed by atoms with Crippen LogP contribution in [0.5, 0.6) is 0 Å². The third kappa shape index (κ3) is 4.35. The summed E-state index contributed by atoms with van der Waals surface area (Å²) in [5.74, 6) is -0.431. The summed E-state index contributed by atoms with van der Waals surface area (Å²) >= 11 is 0. The van der Waals surface area contributed by atoms with Gasteiger partial charge in [-0.3, -0.25) is 14.9 Å². The molecule has 0 spiro atoms. The second-order valence-electron chi connectivity index (χ2n) is 5.29. The molecule has 1 unspecified atom stereocenters. The number of amides is 1. The van der Waals surface area contributed by atoms with Crippen LogP contribution in [-0.4, -0.2) is 24.5 Å². The molecule has 0 bridgehead atoms. The van der Waals surface area contributed by atoms with Gasteiger partial charge in [0, 0.05) is 18.7 Å². The molecule has 1 aromatic rings. The van der Waals surface area contributed by atoms with Crippen molar-refractivity contribution in [2.45, 2.75) is 39.3 Å². The van der Waals surface area contributed by atoms with Crippen molar-refractivity contribution >= 4 is 17.6 Å². The molecule has 20 heavy (non-hydrogen) atoms. The Bertz CT molecular complexity index is 498. The molecular formula is C15H22N2O3. The highest BCUT2D eigenvalue weighted by Crippen LogP contribution is 2.20. The Hall–Kier alpha value is -1.88. The summed E-state index contributed by atoms with van der Waals surface area (Å²) in [7, 11) is 1.37. The molecule has 0 radical (unpaired) electrons. The number of ether oxygens (including phenoxy) is 1. The van der Waals surface area contributed by atoms with Gasteiger partial charge in [-0.25, -0.2) is 0 Å². The highest BCUT2D eigenvalue weighted by Gasteiger charge is 2.30. The van der Waals surface area contributed by atoms with Gasteiger partial charge in [-0.05, 0) is 38.5 Å². The van der Waals surface area contributed by atoms with Crippen LogP contribution in [0, 0.1) is 0 Å². The standard InChI is InChI=1S/C15H22N2O3/c1-10(17-15(3,4)14(19)20-5)12-7-6-8-13(9-12)16-11(2)18/h6-10,17H,1-5H3,(H,16,18). The SMILES string of the molecule is COC(=O)C(C)(C)NC(C)c1cccc(NC(C)=O)c1. The maximum atomic E-state index is 11.7. The highest BCUT2D eigenvalue weighted by atomic mass is 16.5. The van der Waals surface area contributed by atoms with Gasteiger partial charge in [-0.1, -0.05) is 12.1 Å². The van der Waals surface area contributed by atoms with E-state index in [4.69, 9.17) is 4.74 Å². The van der Waals surface area contributed by atoms with E-state index in [1.165, 1.54) is 14.0 Å². The third-order valence-corrected chi connectivity index (χ3v) is 2.98. The molecule has 2 N–H and O–H groups in total. The number of carbonyl (C=O) groups is 2. The lowest BCUT2D eigenvalue weighted by Crippen LogP contribution is -2.48. The average molecular weight is 278 g/mol. The van der Waals surface area contributed by atoms with E-state index in [0.29, 0.717) is 0 Å². The Morgan fingerprint density at radius 3 is 2.50 bits per heavy atom. The molecule has 1 aromatic carbocycles. The van der Waals surface area contributed by atoms with Gasteiger partial charge in [0.15, 0.2) is 0 Å². The van der Waals surface area contributed by atoms with Crippen LogP contribution in [0.15, 0.2) is 24.3 Å². The van der Waals surface area contributed by atoms with E-state index >= 15 is 0 Å². The second kappa shape index (κ2) is 6.52. The summed E-state index contributed by atoms with van der Waals surface area (Å²) in [5, 5.41) is 5.95. The molecule has 0 saturated carbocycles. The Labute approximate surface area is 119 Å². The summed E-state index contributed by atoms with van der Waals surface area (Å²) in [6, 6.07) is 7.45. The van der Waals surface area contributed by atoms with Gasteiger partial charge in [0.25, 0.3) is 0 Å². The van der Waals surface area contributed by atoms with Crippen LogP contribution < -0.4 is 10.6 Å². The van der Waals surface area contributed by atoms with Gasteiger partial charge >= 0.3 is 5.97 Å². The number of hydrogen-bond donors (Lipinski definition) is 2. The van der Waals surface area contributed by atoms with Crippen molar-refractivity contribution in [1.82, 2.24) is 5.32 Å². The normalized spacial score (nSPS) is 12.7. The molecule has 0 saturated heterocycles. The molecule has 5 nitrogen and oxygen atoms in total. The predicted molar refractivity (Wildman–Crippen MR) is 78.4 cm³/mol. The fraction of sp³-hybridized carbons (Fsp3) is 0.467. The Morgan fingerprint density at radius 2 is 1.95 bits per heavy atom. The summed E-state index contributed by atoms with van der Waals surface area (Å²) < 4.78 is 4.77. The number of methoxy groups -OCH3 is 1. The Kier molecular flexibility index (Phi) is 5.27. The minimum absolute atomic E-state index is 0.0576. The summed E-state index contributed by atoms with van der Waals surface area (Å²) in [6.07, 6.45) is 0. The Balaban J connectivity index is 2.84. The van der Waals surface area contributed by atoms with Crippen molar-refractivity contribution in [1.29, 1.82) is 0 Å². The van der Waals surface area contributed by atoms with Crippen LogP contribution in [0.4, 0.5) is 5.69 Å². The van der Waals surface area contributed by atoms with Gasteiger partial charge in [0.1, 0.15) is 5.54 Å². The quantitative estimate of drug-likeness (QED) is 0.811. The number of anilines is 1. The molecule has 0 fully saturated rings. The van der Waals surface area contributed by atoms with E-state index in [1.807, 2.05) is 31.2 Å². The molecule has 1 rings (SSSR count). The van der Waals surface area contributed by atoms with E-state index in [-0.39, 0.29) is 17.9 Å². The average Bonchev–Trinajstić information content (AvgIpc) is 2.36. The molecule has 0 aliphatic rings. The Morgan fingerprint density at radius 1 is 1.30 bits per heavy atom. The van der Waals surface area contributed by atoms with Crippen LogP contribution in [0.25, 0.3) is 0 Å². The van der Waals surface area contributed by atoms with E-state index in [0.717, 1.165) is 11.3 Å². The maximum Gasteiger partial charge on any atom is 0.325 e. The first kappa shape index (κ1) is 16.2. The fourth-order valence-corrected chi connectivity index (χ4v) is 2.03. The monoisotopic (exact) mass is 278 g/mol. The maximum absolute atomic E-state index is 11.7. The number of rotatable bonds is 5. The first-order valence-electron chi connectivity index (χ1n) is 6.50. The van der Waals surface area contributed by atoms with E-state index < -0.39 is 5.54 Å². The van der Waals surface area contributed by atoms with Gasteiger partial charge < -0.3 is 10.1 Å². The zero-order valence-corrected chi connectivity index (χ0v) is 12.6. The van der Waals surface area contributed by atoms with Crippen molar-refractivity contribution < 1.29 is 14.3 Å². The largest absolute Gasteiger partial charge is 0.468 e. The lowest BCUT2D eigenvalue weighted by Gasteiger charge is -2.28. The number of carbonyl (C=O) groups excluding carboxylic acids is 2. The second-order valence-corrected chi connectivity index (χ2v) is 5.29. The van der Waals surface area contributed by atoms with Crippen molar-refractivity contribution in [2.24, 2.45) is 0 Å².